The minimum Gasteiger partial charge on any atom is -0.497 e. The summed E-state index contributed by atoms with van der Waals surface area (Å²) in [4.78, 5) is 0. The molecule has 0 N–H and O–H groups in total. The molecule has 1 aromatic carbocycles. The van der Waals surface area contributed by atoms with Crippen molar-refractivity contribution in [3.05, 3.63) is 30.5 Å². The molecule has 0 saturated carbocycles. The molecule has 4 nitrogen and oxygen atoms in total. The van der Waals surface area contributed by atoms with Crippen molar-refractivity contribution < 1.29 is 4.74 Å². The summed E-state index contributed by atoms with van der Waals surface area (Å²) in [6.45, 7) is 4.15. The third-order valence-electron chi connectivity index (χ3n) is 2.40. The summed E-state index contributed by atoms with van der Waals surface area (Å²) in [6.07, 6.45) is 1.94. The van der Waals surface area contributed by atoms with E-state index in [-0.39, 0.29) is 0 Å². The highest BCUT2D eigenvalue weighted by Crippen LogP contribution is 2.22. The van der Waals surface area contributed by atoms with Crippen LogP contribution >= 0.6 is 0 Å². The first-order valence-electron chi connectivity index (χ1n) is 5.27. The summed E-state index contributed by atoms with van der Waals surface area (Å²) in [5, 5.41) is 8.21. The van der Waals surface area contributed by atoms with Gasteiger partial charge in [0, 0.05) is 11.6 Å². The Hall–Kier alpha value is -1.84. The molecule has 0 aliphatic heterocycles. The predicted octanol–water partition coefficient (Wildman–Crippen LogP) is 2.53. The van der Waals surface area contributed by atoms with E-state index in [9.17, 15) is 0 Å². The maximum atomic E-state index is 5.18. The SMILES string of the molecule is COc1cccc(-c2cn(C(C)C)nn2)c1. The highest BCUT2D eigenvalue weighted by atomic mass is 16.5. The third-order valence-corrected chi connectivity index (χ3v) is 2.40. The fourth-order valence-electron chi connectivity index (χ4n) is 1.44. The third kappa shape index (κ3) is 2.05. The van der Waals surface area contributed by atoms with Gasteiger partial charge in [-0.1, -0.05) is 17.3 Å². The molecule has 0 radical (unpaired) electrons. The molecule has 0 saturated heterocycles. The van der Waals surface area contributed by atoms with Gasteiger partial charge in [0.15, 0.2) is 0 Å². The Balaban J connectivity index is 2.34. The second-order valence-corrected chi connectivity index (χ2v) is 3.91. The molecule has 1 heterocycles. The van der Waals surface area contributed by atoms with Crippen LogP contribution in [-0.2, 0) is 0 Å². The lowest BCUT2D eigenvalue weighted by atomic mass is 10.1. The quantitative estimate of drug-likeness (QED) is 0.793. The number of nitrogens with zero attached hydrogens (tertiary/aromatic N) is 3. The van der Waals surface area contributed by atoms with E-state index in [2.05, 4.69) is 24.2 Å². The molecule has 16 heavy (non-hydrogen) atoms. The van der Waals surface area contributed by atoms with E-state index in [1.165, 1.54) is 0 Å². The minimum atomic E-state index is 0.326. The van der Waals surface area contributed by atoms with Crippen molar-refractivity contribution in [2.45, 2.75) is 19.9 Å². The van der Waals surface area contributed by atoms with Crippen LogP contribution in [0.15, 0.2) is 30.5 Å². The Morgan fingerprint density at radius 2 is 2.12 bits per heavy atom. The summed E-state index contributed by atoms with van der Waals surface area (Å²) < 4.78 is 7.02. The lowest BCUT2D eigenvalue weighted by Crippen LogP contribution is -2.00. The standard InChI is InChI=1S/C12H15N3O/c1-9(2)15-8-12(13-14-15)10-5-4-6-11(7-10)16-3/h4-9H,1-3H3. The zero-order valence-corrected chi connectivity index (χ0v) is 9.71. The second kappa shape index (κ2) is 4.35. The number of methoxy groups -OCH3 is 1. The fourth-order valence-corrected chi connectivity index (χ4v) is 1.44. The maximum absolute atomic E-state index is 5.18. The molecular formula is C12H15N3O. The zero-order chi connectivity index (χ0) is 11.5. The summed E-state index contributed by atoms with van der Waals surface area (Å²) in [7, 11) is 1.66. The van der Waals surface area contributed by atoms with Crippen molar-refractivity contribution in [1.29, 1.82) is 0 Å². The van der Waals surface area contributed by atoms with Gasteiger partial charge in [-0.15, -0.1) is 5.10 Å². The number of hydrogen-bond donors (Lipinski definition) is 0. The van der Waals surface area contributed by atoms with Crippen molar-refractivity contribution >= 4 is 0 Å². The maximum Gasteiger partial charge on any atom is 0.119 e. The summed E-state index contributed by atoms with van der Waals surface area (Å²) in [6, 6.07) is 8.14. The van der Waals surface area contributed by atoms with Gasteiger partial charge in [0.1, 0.15) is 11.4 Å². The highest BCUT2D eigenvalue weighted by molar-refractivity contribution is 5.59. The van der Waals surface area contributed by atoms with Gasteiger partial charge in [0.2, 0.25) is 0 Å². The van der Waals surface area contributed by atoms with Gasteiger partial charge >= 0.3 is 0 Å². The molecular weight excluding hydrogens is 202 g/mol. The highest BCUT2D eigenvalue weighted by Gasteiger charge is 2.06. The van der Waals surface area contributed by atoms with E-state index >= 15 is 0 Å². The molecule has 2 aromatic rings. The molecule has 1 aromatic heterocycles. The molecule has 0 bridgehead atoms. The number of aromatic nitrogens is 3. The van der Waals surface area contributed by atoms with Gasteiger partial charge < -0.3 is 4.74 Å². The van der Waals surface area contributed by atoms with Gasteiger partial charge in [0.05, 0.1) is 13.3 Å². The molecule has 4 heteroatoms. The lowest BCUT2D eigenvalue weighted by Gasteiger charge is -2.02. The van der Waals surface area contributed by atoms with E-state index < -0.39 is 0 Å². The van der Waals surface area contributed by atoms with Gasteiger partial charge in [-0.05, 0) is 26.0 Å². The molecule has 2 rings (SSSR count). The number of ether oxygens (including phenoxy) is 1. The topological polar surface area (TPSA) is 39.9 Å². The van der Waals surface area contributed by atoms with Crippen LogP contribution in [0.2, 0.25) is 0 Å². The Morgan fingerprint density at radius 1 is 1.31 bits per heavy atom. The minimum absolute atomic E-state index is 0.326. The van der Waals surface area contributed by atoms with Gasteiger partial charge in [-0.3, -0.25) is 0 Å². The summed E-state index contributed by atoms with van der Waals surface area (Å²) in [5.41, 5.74) is 1.89. The van der Waals surface area contributed by atoms with Gasteiger partial charge in [0.25, 0.3) is 0 Å². The fraction of sp³-hybridized carbons (Fsp3) is 0.333. The first-order valence-corrected chi connectivity index (χ1v) is 5.27. The Kier molecular flexibility index (Phi) is 2.90. The van der Waals surface area contributed by atoms with Crippen molar-refractivity contribution in [3.63, 3.8) is 0 Å². The molecule has 0 fully saturated rings. The van der Waals surface area contributed by atoms with Crippen LogP contribution < -0.4 is 4.74 Å². The largest absolute Gasteiger partial charge is 0.497 e. The molecule has 0 aliphatic carbocycles. The number of benzene rings is 1. The van der Waals surface area contributed by atoms with Crippen LogP contribution in [0, 0.1) is 0 Å². The zero-order valence-electron chi connectivity index (χ0n) is 9.71. The summed E-state index contributed by atoms with van der Waals surface area (Å²) >= 11 is 0. The molecule has 0 amide bonds. The van der Waals surface area contributed by atoms with Crippen molar-refractivity contribution in [2.75, 3.05) is 7.11 Å². The van der Waals surface area contributed by atoms with Crippen molar-refractivity contribution in [1.82, 2.24) is 15.0 Å². The summed E-state index contributed by atoms with van der Waals surface area (Å²) in [5.74, 6) is 0.830. The van der Waals surface area contributed by atoms with Crippen LogP contribution in [0.3, 0.4) is 0 Å². The van der Waals surface area contributed by atoms with Crippen LogP contribution in [-0.4, -0.2) is 22.1 Å². The molecule has 0 unspecified atom stereocenters. The number of rotatable bonds is 3. The Labute approximate surface area is 94.9 Å². The van der Waals surface area contributed by atoms with E-state index in [1.807, 2.05) is 35.1 Å². The predicted molar refractivity (Wildman–Crippen MR) is 62.4 cm³/mol. The normalized spacial score (nSPS) is 10.8. The van der Waals surface area contributed by atoms with E-state index in [4.69, 9.17) is 4.74 Å². The monoisotopic (exact) mass is 217 g/mol. The van der Waals surface area contributed by atoms with Crippen LogP contribution in [0.25, 0.3) is 11.3 Å². The second-order valence-electron chi connectivity index (χ2n) is 3.91. The number of hydrogen-bond acceptors (Lipinski definition) is 3. The van der Waals surface area contributed by atoms with E-state index in [0.29, 0.717) is 6.04 Å². The smallest absolute Gasteiger partial charge is 0.119 e. The van der Waals surface area contributed by atoms with Crippen molar-refractivity contribution in [2.24, 2.45) is 0 Å². The van der Waals surface area contributed by atoms with Crippen LogP contribution in [0.4, 0.5) is 0 Å². The van der Waals surface area contributed by atoms with Gasteiger partial charge in [-0.25, -0.2) is 4.68 Å². The first kappa shape index (κ1) is 10.7. The molecule has 0 atom stereocenters. The molecule has 84 valence electrons. The van der Waals surface area contributed by atoms with E-state index in [0.717, 1.165) is 17.0 Å². The lowest BCUT2D eigenvalue weighted by molar-refractivity contribution is 0.415. The first-order chi connectivity index (χ1) is 7.70. The molecule has 0 spiro atoms. The van der Waals surface area contributed by atoms with Crippen LogP contribution in [0.5, 0.6) is 5.75 Å². The van der Waals surface area contributed by atoms with Crippen molar-refractivity contribution in [3.8, 4) is 17.0 Å². The Bertz CT molecular complexity index is 477. The average Bonchev–Trinajstić information content (AvgIpc) is 2.78. The van der Waals surface area contributed by atoms with Gasteiger partial charge in [-0.2, -0.15) is 0 Å². The molecule has 0 aliphatic rings. The van der Waals surface area contributed by atoms with E-state index in [1.54, 1.807) is 7.11 Å². The Morgan fingerprint density at radius 3 is 2.75 bits per heavy atom. The average molecular weight is 217 g/mol. The van der Waals surface area contributed by atoms with Crippen LogP contribution in [0.1, 0.15) is 19.9 Å².